The van der Waals surface area contributed by atoms with Gasteiger partial charge in [-0.2, -0.15) is 18.4 Å². The molecule has 2 aromatic heterocycles. The molecule has 0 spiro atoms. The molecule has 1 fully saturated rings. The molecular weight excluding hydrogens is 392 g/mol. The van der Waals surface area contributed by atoms with Gasteiger partial charge in [0.25, 0.3) is 0 Å². The molecule has 11 heteroatoms. The number of halogens is 4. The van der Waals surface area contributed by atoms with Gasteiger partial charge in [0.2, 0.25) is 11.7 Å². The van der Waals surface area contributed by atoms with Crippen molar-refractivity contribution in [3.63, 3.8) is 0 Å². The summed E-state index contributed by atoms with van der Waals surface area (Å²) in [6.07, 6.45) is -2.50. The standard InChI is InChI=1S/C18H16F4N6O/c1-9-13(19)3-15(28-9)16(29)25-5-10-2-14(24-6-11(10)4-23)12-7-26-17(27-8-12)18(20,21)22/h2,6-9,13,15,28H,3,5H2,1H3,(H,25,29). The van der Waals surface area contributed by atoms with E-state index in [1.54, 1.807) is 6.92 Å². The highest BCUT2D eigenvalue weighted by Crippen LogP contribution is 2.27. The van der Waals surface area contributed by atoms with Crippen LogP contribution in [0.2, 0.25) is 0 Å². The molecule has 0 bridgehead atoms. The number of amides is 1. The summed E-state index contributed by atoms with van der Waals surface area (Å²) in [7, 11) is 0. The maximum Gasteiger partial charge on any atom is 0.451 e. The van der Waals surface area contributed by atoms with Gasteiger partial charge in [0.15, 0.2) is 0 Å². The van der Waals surface area contributed by atoms with Crippen LogP contribution in [0.4, 0.5) is 17.6 Å². The van der Waals surface area contributed by atoms with E-state index in [0.717, 1.165) is 12.4 Å². The minimum atomic E-state index is -4.66. The first-order valence-corrected chi connectivity index (χ1v) is 8.65. The molecule has 3 heterocycles. The van der Waals surface area contributed by atoms with Crippen LogP contribution in [0, 0.1) is 11.3 Å². The molecule has 0 radical (unpaired) electrons. The minimum Gasteiger partial charge on any atom is -0.351 e. The number of hydrogen-bond acceptors (Lipinski definition) is 6. The predicted molar refractivity (Wildman–Crippen MR) is 92.7 cm³/mol. The molecule has 1 aliphatic heterocycles. The normalized spacial score (nSPS) is 21.6. The van der Waals surface area contributed by atoms with Crippen molar-refractivity contribution in [1.82, 2.24) is 25.6 Å². The second-order valence-corrected chi connectivity index (χ2v) is 6.61. The molecule has 2 aromatic rings. The zero-order valence-electron chi connectivity index (χ0n) is 15.2. The molecule has 1 aliphatic rings. The average molecular weight is 408 g/mol. The highest BCUT2D eigenvalue weighted by Gasteiger charge is 2.35. The minimum absolute atomic E-state index is 0.0255. The first-order chi connectivity index (χ1) is 13.7. The number of hydrogen-bond donors (Lipinski definition) is 2. The number of nitrogens with zero attached hydrogens (tertiary/aromatic N) is 4. The number of nitriles is 1. The molecule has 152 valence electrons. The lowest BCUT2D eigenvalue weighted by Crippen LogP contribution is -2.42. The number of carbonyl (C=O) groups excluding carboxylic acids is 1. The molecule has 0 aromatic carbocycles. The Morgan fingerprint density at radius 1 is 1.31 bits per heavy atom. The SMILES string of the molecule is CC1NC(C(=O)NCc2cc(-c3cnc(C(F)(F)F)nc3)ncc2C#N)CC1F. The Bertz CT molecular complexity index is 931. The monoisotopic (exact) mass is 408 g/mol. The second kappa shape index (κ2) is 8.08. The van der Waals surface area contributed by atoms with Crippen LogP contribution < -0.4 is 10.6 Å². The third kappa shape index (κ3) is 4.65. The van der Waals surface area contributed by atoms with Crippen molar-refractivity contribution in [3.05, 3.63) is 41.6 Å². The lowest BCUT2D eigenvalue weighted by atomic mass is 10.1. The van der Waals surface area contributed by atoms with Crippen LogP contribution in [0.1, 0.15) is 30.3 Å². The lowest BCUT2D eigenvalue weighted by Gasteiger charge is -2.13. The third-order valence-corrected chi connectivity index (χ3v) is 4.55. The summed E-state index contributed by atoms with van der Waals surface area (Å²) in [4.78, 5) is 22.8. The molecule has 0 aliphatic carbocycles. The first-order valence-electron chi connectivity index (χ1n) is 8.65. The van der Waals surface area contributed by atoms with Crippen LogP contribution in [0.5, 0.6) is 0 Å². The van der Waals surface area contributed by atoms with Gasteiger partial charge in [-0.15, -0.1) is 0 Å². The van der Waals surface area contributed by atoms with Crippen molar-refractivity contribution < 1.29 is 22.4 Å². The largest absolute Gasteiger partial charge is 0.451 e. The summed E-state index contributed by atoms with van der Waals surface area (Å²) >= 11 is 0. The van der Waals surface area contributed by atoms with Crippen LogP contribution in [0.15, 0.2) is 24.7 Å². The average Bonchev–Trinajstić information content (AvgIpc) is 3.04. The molecule has 3 atom stereocenters. The fourth-order valence-electron chi connectivity index (χ4n) is 2.92. The van der Waals surface area contributed by atoms with Gasteiger partial charge >= 0.3 is 6.18 Å². The van der Waals surface area contributed by atoms with Crippen molar-refractivity contribution in [2.45, 2.75) is 44.3 Å². The van der Waals surface area contributed by atoms with E-state index in [4.69, 9.17) is 0 Å². The number of pyridine rings is 1. The van der Waals surface area contributed by atoms with E-state index in [-0.39, 0.29) is 29.8 Å². The van der Waals surface area contributed by atoms with Gasteiger partial charge in [0.1, 0.15) is 12.2 Å². The highest BCUT2D eigenvalue weighted by molar-refractivity contribution is 5.82. The van der Waals surface area contributed by atoms with E-state index in [0.29, 0.717) is 5.56 Å². The van der Waals surface area contributed by atoms with Gasteiger partial charge in [0, 0.05) is 43.2 Å². The molecule has 0 saturated carbocycles. The van der Waals surface area contributed by atoms with Gasteiger partial charge in [-0.25, -0.2) is 14.4 Å². The smallest absolute Gasteiger partial charge is 0.351 e. The van der Waals surface area contributed by atoms with E-state index in [1.165, 1.54) is 12.3 Å². The number of alkyl halides is 4. The molecule has 2 N–H and O–H groups in total. The van der Waals surface area contributed by atoms with Crippen LogP contribution in [0.25, 0.3) is 11.3 Å². The van der Waals surface area contributed by atoms with Gasteiger partial charge in [0.05, 0.1) is 17.3 Å². The maximum atomic E-state index is 13.6. The Balaban J connectivity index is 1.76. The number of carbonyl (C=O) groups is 1. The lowest BCUT2D eigenvalue weighted by molar-refractivity contribution is -0.145. The van der Waals surface area contributed by atoms with Crippen molar-refractivity contribution in [2.75, 3.05) is 0 Å². The highest BCUT2D eigenvalue weighted by atomic mass is 19.4. The van der Waals surface area contributed by atoms with Crippen LogP contribution in [0.3, 0.4) is 0 Å². The summed E-state index contributed by atoms with van der Waals surface area (Å²) in [5.41, 5.74) is 1.08. The molecule has 3 rings (SSSR count). The Morgan fingerprint density at radius 3 is 2.55 bits per heavy atom. The molecule has 29 heavy (non-hydrogen) atoms. The Hall–Kier alpha value is -3.13. The van der Waals surface area contributed by atoms with Crippen LogP contribution >= 0.6 is 0 Å². The fourth-order valence-corrected chi connectivity index (χ4v) is 2.92. The van der Waals surface area contributed by atoms with E-state index >= 15 is 0 Å². The quantitative estimate of drug-likeness (QED) is 0.752. The van der Waals surface area contributed by atoms with Gasteiger partial charge in [-0.3, -0.25) is 9.78 Å². The zero-order chi connectivity index (χ0) is 21.2. The topological polar surface area (TPSA) is 104 Å². The number of nitrogens with one attached hydrogen (secondary N) is 2. The Labute approximate surface area is 163 Å². The third-order valence-electron chi connectivity index (χ3n) is 4.55. The van der Waals surface area contributed by atoms with E-state index in [9.17, 15) is 27.6 Å². The summed E-state index contributed by atoms with van der Waals surface area (Å²) in [5, 5.41) is 14.7. The molecule has 1 saturated heterocycles. The first kappa shape index (κ1) is 20.6. The zero-order valence-corrected chi connectivity index (χ0v) is 15.2. The van der Waals surface area contributed by atoms with Crippen molar-refractivity contribution in [1.29, 1.82) is 5.26 Å². The summed E-state index contributed by atoms with van der Waals surface area (Å²) in [6, 6.07) is 2.31. The second-order valence-electron chi connectivity index (χ2n) is 6.61. The number of rotatable bonds is 4. The summed E-state index contributed by atoms with van der Waals surface area (Å²) < 4.78 is 51.4. The molecule has 1 amide bonds. The van der Waals surface area contributed by atoms with Crippen LogP contribution in [-0.2, 0) is 17.5 Å². The Kier molecular flexibility index (Phi) is 5.74. The molecule has 7 nitrogen and oxygen atoms in total. The van der Waals surface area contributed by atoms with Gasteiger partial charge < -0.3 is 10.6 Å². The van der Waals surface area contributed by atoms with E-state index in [2.05, 4.69) is 25.6 Å². The maximum absolute atomic E-state index is 13.6. The number of aromatic nitrogens is 3. The van der Waals surface area contributed by atoms with Gasteiger partial charge in [-0.1, -0.05) is 0 Å². The fraction of sp³-hybridized carbons (Fsp3) is 0.389. The van der Waals surface area contributed by atoms with Crippen molar-refractivity contribution >= 4 is 5.91 Å². The summed E-state index contributed by atoms with van der Waals surface area (Å²) in [5.74, 6) is -1.68. The predicted octanol–water partition coefficient (Wildman–Crippen LogP) is 2.13. The van der Waals surface area contributed by atoms with Crippen LogP contribution in [-0.4, -0.2) is 39.1 Å². The van der Waals surface area contributed by atoms with Gasteiger partial charge in [-0.05, 0) is 18.6 Å². The summed E-state index contributed by atoms with van der Waals surface area (Å²) in [6.45, 7) is 1.62. The Morgan fingerprint density at radius 2 is 2.00 bits per heavy atom. The van der Waals surface area contributed by atoms with E-state index < -0.39 is 36.2 Å². The van der Waals surface area contributed by atoms with Crippen molar-refractivity contribution in [3.8, 4) is 17.3 Å². The van der Waals surface area contributed by atoms with Crippen molar-refractivity contribution in [2.24, 2.45) is 0 Å². The molecular formula is C18H16F4N6O. The molecule has 3 unspecified atom stereocenters. The van der Waals surface area contributed by atoms with E-state index in [1.807, 2.05) is 6.07 Å².